The van der Waals surface area contributed by atoms with E-state index in [1.165, 1.54) is 12.3 Å². The highest BCUT2D eigenvalue weighted by Crippen LogP contribution is 2.28. The summed E-state index contributed by atoms with van der Waals surface area (Å²) in [6.45, 7) is 3.52. The van der Waals surface area contributed by atoms with E-state index in [2.05, 4.69) is 15.2 Å². The Labute approximate surface area is 134 Å². The lowest BCUT2D eigenvalue weighted by Crippen LogP contribution is -2.45. The molecule has 2 saturated heterocycles. The third kappa shape index (κ3) is 3.41. The molecule has 0 aliphatic carbocycles. The number of nitrogens with one attached hydrogen (secondary N) is 1. The van der Waals surface area contributed by atoms with E-state index in [-0.39, 0.29) is 23.1 Å². The van der Waals surface area contributed by atoms with Gasteiger partial charge in [0.1, 0.15) is 11.6 Å². The molecule has 0 aromatic carbocycles. The minimum absolute atomic E-state index is 0.0352. The van der Waals surface area contributed by atoms with Gasteiger partial charge in [-0.15, -0.1) is 0 Å². The zero-order valence-electron chi connectivity index (χ0n) is 12.8. The number of rotatable bonds is 4. The number of ether oxygens (including phenoxy) is 1. The summed E-state index contributed by atoms with van der Waals surface area (Å²) in [4.78, 5) is 17.2. The fraction of sp³-hybridized carbons (Fsp3) is 0.600. The summed E-state index contributed by atoms with van der Waals surface area (Å²) in [5.74, 6) is 0.191. The molecule has 3 rings (SSSR count). The predicted molar refractivity (Wildman–Crippen MR) is 83.0 cm³/mol. The predicted octanol–water partition coefficient (Wildman–Crippen LogP) is 1.53. The molecule has 1 aromatic heterocycles. The topological polar surface area (TPSA) is 104 Å². The fourth-order valence-electron chi connectivity index (χ4n) is 3.25. The van der Waals surface area contributed by atoms with Crippen LogP contribution in [0.5, 0.6) is 0 Å². The van der Waals surface area contributed by atoms with Gasteiger partial charge < -0.3 is 10.1 Å². The number of nitriles is 1. The first-order valence-corrected chi connectivity index (χ1v) is 7.81. The second-order valence-electron chi connectivity index (χ2n) is 5.90. The average Bonchev–Trinajstić information content (AvgIpc) is 3.09. The van der Waals surface area contributed by atoms with Crippen LogP contribution < -0.4 is 5.32 Å². The number of pyridine rings is 1. The van der Waals surface area contributed by atoms with E-state index < -0.39 is 4.92 Å². The second-order valence-corrected chi connectivity index (χ2v) is 5.90. The third-order valence-electron chi connectivity index (χ3n) is 4.52. The van der Waals surface area contributed by atoms with E-state index in [0.717, 1.165) is 45.6 Å². The molecule has 0 bridgehead atoms. The standard InChI is InChI=1S/C15H19N5O3/c16-9-11-1-5-17-15(14(11)20(21)22)18-12-2-6-19(7-3-12)13-4-8-23-10-13/h1,5,12-13H,2-4,6-8,10H2,(H,17,18)/t13-/m1/s1. The molecule has 1 N–H and O–H groups in total. The molecule has 2 aliphatic rings. The van der Waals surface area contributed by atoms with Crippen LogP contribution in [0, 0.1) is 21.4 Å². The first-order chi connectivity index (χ1) is 11.2. The normalized spacial score (nSPS) is 22.7. The lowest BCUT2D eigenvalue weighted by molar-refractivity contribution is -0.384. The van der Waals surface area contributed by atoms with Gasteiger partial charge in [-0.2, -0.15) is 5.26 Å². The summed E-state index contributed by atoms with van der Waals surface area (Å²) in [6, 6.07) is 3.86. The van der Waals surface area contributed by atoms with Crippen LogP contribution in [0.2, 0.25) is 0 Å². The maximum absolute atomic E-state index is 11.2. The molecular formula is C15H19N5O3. The number of aromatic nitrogens is 1. The summed E-state index contributed by atoms with van der Waals surface area (Å²) in [6.07, 6.45) is 4.30. The van der Waals surface area contributed by atoms with Gasteiger partial charge in [-0.05, 0) is 25.3 Å². The van der Waals surface area contributed by atoms with Gasteiger partial charge in [-0.25, -0.2) is 4.98 Å². The molecule has 0 saturated carbocycles. The highest BCUT2D eigenvalue weighted by molar-refractivity contribution is 5.64. The Morgan fingerprint density at radius 1 is 1.43 bits per heavy atom. The Morgan fingerprint density at radius 3 is 2.83 bits per heavy atom. The molecule has 2 fully saturated rings. The molecule has 0 amide bonds. The molecule has 1 atom stereocenters. The summed E-state index contributed by atoms with van der Waals surface area (Å²) in [5.41, 5.74) is -0.199. The molecule has 8 nitrogen and oxygen atoms in total. The first kappa shape index (κ1) is 15.6. The van der Waals surface area contributed by atoms with Crippen molar-refractivity contribution >= 4 is 11.5 Å². The monoisotopic (exact) mass is 317 g/mol. The molecule has 1 aromatic rings. The van der Waals surface area contributed by atoms with Gasteiger partial charge in [0.25, 0.3) is 0 Å². The van der Waals surface area contributed by atoms with E-state index in [1.54, 1.807) is 0 Å². The summed E-state index contributed by atoms with van der Waals surface area (Å²) >= 11 is 0. The largest absolute Gasteiger partial charge is 0.380 e. The molecule has 3 heterocycles. The van der Waals surface area contributed by atoms with Gasteiger partial charge in [0.2, 0.25) is 5.82 Å². The molecule has 0 radical (unpaired) electrons. The SMILES string of the molecule is N#Cc1ccnc(NC2CCN([C@@H]3CCOC3)CC2)c1[N+](=O)[O-]. The van der Waals surface area contributed by atoms with Gasteiger partial charge in [-0.3, -0.25) is 15.0 Å². The number of nitro groups is 1. The van der Waals surface area contributed by atoms with Gasteiger partial charge in [0, 0.05) is 38.0 Å². The van der Waals surface area contributed by atoms with Gasteiger partial charge in [0.15, 0.2) is 0 Å². The highest BCUT2D eigenvalue weighted by atomic mass is 16.6. The van der Waals surface area contributed by atoms with Crippen LogP contribution >= 0.6 is 0 Å². The zero-order chi connectivity index (χ0) is 16.2. The molecule has 8 heteroatoms. The van der Waals surface area contributed by atoms with E-state index >= 15 is 0 Å². The van der Waals surface area contributed by atoms with Crippen molar-refractivity contribution in [2.24, 2.45) is 0 Å². The number of hydrogen-bond donors (Lipinski definition) is 1. The Kier molecular flexibility index (Phi) is 4.69. The average molecular weight is 317 g/mol. The van der Waals surface area contributed by atoms with Crippen LogP contribution in [0.25, 0.3) is 0 Å². The van der Waals surface area contributed by atoms with Gasteiger partial charge >= 0.3 is 5.69 Å². The zero-order valence-corrected chi connectivity index (χ0v) is 12.8. The summed E-state index contributed by atoms with van der Waals surface area (Å²) < 4.78 is 5.43. The van der Waals surface area contributed by atoms with Crippen LogP contribution in [0.3, 0.4) is 0 Å². The van der Waals surface area contributed by atoms with Crippen molar-refractivity contribution in [3.8, 4) is 6.07 Å². The van der Waals surface area contributed by atoms with Crippen LogP contribution in [0.4, 0.5) is 11.5 Å². The first-order valence-electron chi connectivity index (χ1n) is 7.81. The van der Waals surface area contributed by atoms with Crippen LogP contribution in [0.1, 0.15) is 24.8 Å². The van der Waals surface area contributed by atoms with Crippen molar-refractivity contribution in [1.29, 1.82) is 5.26 Å². The highest BCUT2D eigenvalue weighted by Gasteiger charge is 2.29. The van der Waals surface area contributed by atoms with Crippen molar-refractivity contribution in [3.05, 3.63) is 27.9 Å². The minimum atomic E-state index is -0.543. The third-order valence-corrected chi connectivity index (χ3v) is 4.52. The molecule has 23 heavy (non-hydrogen) atoms. The summed E-state index contributed by atoms with van der Waals surface area (Å²) in [7, 11) is 0. The minimum Gasteiger partial charge on any atom is -0.380 e. The van der Waals surface area contributed by atoms with E-state index in [4.69, 9.17) is 10.00 Å². The van der Waals surface area contributed by atoms with Crippen LogP contribution in [0.15, 0.2) is 12.3 Å². The molecule has 0 unspecified atom stereocenters. The molecule has 122 valence electrons. The number of likely N-dealkylation sites (tertiary alicyclic amines) is 1. The Balaban J connectivity index is 1.65. The fourth-order valence-corrected chi connectivity index (χ4v) is 3.25. The molecule has 2 aliphatic heterocycles. The Morgan fingerprint density at radius 2 is 2.22 bits per heavy atom. The van der Waals surface area contributed by atoms with Crippen molar-refractivity contribution in [2.45, 2.75) is 31.3 Å². The van der Waals surface area contributed by atoms with Crippen molar-refractivity contribution in [2.75, 3.05) is 31.6 Å². The molecule has 0 spiro atoms. The van der Waals surface area contributed by atoms with E-state index in [0.29, 0.717) is 6.04 Å². The van der Waals surface area contributed by atoms with Gasteiger partial charge in [-0.1, -0.05) is 0 Å². The van der Waals surface area contributed by atoms with Crippen LogP contribution in [-0.2, 0) is 4.74 Å². The number of hydrogen-bond acceptors (Lipinski definition) is 7. The van der Waals surface area contributed by atoms with E-state index in [1.807, 2.05) is 6.07 Å². The number of nitrogens with zero attached hydrogens (tertiary/aromatic N) is 4. The maximum atomic E-state index is 11.2. The van der Waals surface area contributed by atoms with Crippen molar-refractivity contribution in [1.82, 2.24) is 9.88 Å². The number of anilines is 1. The van der Waals surface area contributed by atoms with Crippen molar-refractivity contribution < 1.29 is 9.66 Å². The number of piperidine rings is 1. The van der Waals surface area contributed by atoms with Crippen molar-refractivity contribution in [3.63, 3.8) is 0 Å². The smallest absolute Gasteiger partial charge is 0.328 e. The van der Waals surface area contributed by atoms with E-state index in [9.17, 15) is 10.1 Å². The lowest BCUT2D eigenvalue weighted by atomic mass is 10.0. The molecular weight excluding hydrogens is 298 g/mol. The maximum Gasteiger partial charge on any atom is 0.328 e. The van der Waals surface area contributed by atoms with Gasteiger partial charge in [0.05, 0.1) is 11.5 Å². The summed E-state index contributed by atoms with van der Waals surface area (Å²) in [5, 5.41) is 23.4. The van der Waals surface area contributed by atoms with Crippen LogP contribution in [-0.4, -0.2) is 53.2 Å². The Hall–Kier alpha value is -2.24. The quantitative estimate of drug-likeness (QED) is 0.663. The lowest BCUT2D eigenvalue weighted by Gasteiger charge is -2.35. The Bertz CT molecular complexity index is 616. The second kappa shape index (κ2) is 6.89.